The lowest BCUT2D eigenvalue weighted by atomic mass is 10.1. The summed E-state index contributed by atoms with van der Waals surface area (Å²) in [5.41, 5.74) is 0.913. The second-order valence-corrected chi connectivity index (χ2v) is 6.34. The van der Waals surface area contributed by atoms with Crippen LogP contribution in [0.2, 0.25) is 0 Å². The number of nitrogens with zero attached hydrogens (tertiary/aromatic N) is 1. The van der Waals surface area contributed by atoms with Crippen molar-refractivity contribution >= 4 is 11.9 Å². The van der Waals surface area contributed by atoms with Crippen LogP contribution in [0.3, 0.4) is 0 Å². The molecule has 1 aromatic heterocycles. The van der Waals surface area contributed by atoms with Crippen molar-refractivity contribution in [3.8, 4) is 11.5 Å². The zero-order valence-electron chi connectivity index (χ0n) is 17.2. The van der Waals surface area contributed by atoms with Crippen molar-refractivity contribution in [2.24, 2.45) is 0 Å². The summed E-state index contributed by atoms with van der Waals surface area (Å²) in [5.74, 6) is -0.736. The number of pyridine rings is 1. The third-order valence-electron chi connectivity index (χ3n) is 4.19. The summed E-state index contributed by atoms with van der Waals surface area (Å²) in [4.78, 5) is 28.1. The van der Waals surface area contributed by atoms with Crippen LogP contribution in [0.25, 0.3) is 0 Å². The normalized spacial score (nSPS) is 13.7. The van der Waals surface area contributed by atoms with Crippen LogP contribution < -0.4 is 9.47 Å². The molecule has 0 spiro atoms. The van der Waals surface area contributed by atoms with Gasteiger partial charge in [0.25, 0.3) is 0 Å². The number of carboxylic acid groups (broad SMARTS) is 1. The Kier molecular flexibility index (Phi) is 8.57. The van der Waals surface area contributed by atoms with Crippen molar-refractivity contribution in [3.05, 3.63) is 53.9 Å². The molecule has 9 nitrogen and oxygen atoms in total. The van der Waals surface area contributed by atoms with Crippen molar-refractivity contribution in [3.63, 3.8) is 0 Å². The Morgan fingerprint density at radius 2 is 1.63 bits per heavy atom. The maximum atomic E-state index is 12.4. The zero-order valence-corrected chi connectivity index (χ0v) is 17.2. The van der Waals surface area contributed by atoms with Gasteiger partial charge >= 0.3 is 11.9 Å². The van der Waals surface area contributed by atoms with E-state index in [1.54, 1.807) is 37.3 Å². The topological polar surface area (TPSA) is 113 Å². The average Bonchev–Trinajstić information content (AvgIpc) is 2.76. The SMILES string of the molecule is COc1ccc([C@H](OC(C)COC(=O)[C@@H](OC)c2cncc(OC)c2)C(=O)O)cc1. The number of aromatic nitrogens is 1. The number of benzene rings is 1. The molecular weight excluding hydrogens is 394 g/mol. The molecule has 30 heavy (non-hydrogen) atoms. The Balaban J connectivity index is 1.98. The lowest BCUT2D eigenvalue weighted by molar-refractivity contribution is -0.165. The van der Waals surface area contributed by atoms with Gasteiger partial charge in [-0.25, -0.2) is 9.59 Å². The molecule has 1 aromatic carbocycles. The highest BCUT2D eigenvalue weighted by atomic mass is 16.6. The van der Waals surface area contributed by atoms with E-state index < -0.39 is 30.3 Å². The molecule has 0 aliphatic heterocycles. The first-order valence-corrected chi connectivity index (χ1v) is 9.10. The summed E-state index contributed by atoms with van der Waals surface area (Å²) in [6, 6.07) is 8.11. The van der Waals surface area contributed by atoms with Crippen LogP contribution in [-0.2, 0) is 23.8 Å². The fraction of sp³-hybridized carbons (Fsp3) is 0.381. The van der Waals surface area contributed by atoms with E-state index in [1.807, 2.05) is 0 Å². The summed E-state index contributed by atoms with van der Waals surface area (Å²) >= 11 is 0. The zero-order chi connectivity index (χ0) is 22.1. The molecule has 0 bridgehead atoms. The van der Waals surface area contributed by atoms with Gasteiger partial charge in [0.1, 0.15) is 18.1 Å². The molecule has 1 heterocycles. The minimum Gasteiger partial charge on any atom is -0.497 e. The second-order valence-electron chi connectivity index (χ2n) is 6.34. The van der Waals surface area contributed by atoms with Crippen molar-refractivity contribution in [2.75, 3.05) is 27.9 Å². The smallest absolute Gasteiger partial charge is 0.340 e. The van der Waals surface area contributed by atoms with Gasteiger partial charge < -0.3 is 28.8 Å². The Labute approximate surface area is 174 Å². The van der Waals surface area contributed by atoms with E-state index in [-0.39, 0.29) is 6.61 Å². The lowest BCUT2D eigenvalue weighted by Gasteiger charge is -2.21. The highest BCUT2D eigenvalue weighted by Gasteiger charge is 2.26. The quantitative estimate of drug-likeness (QED) is 0.549. The third-order valence-corrected chi connectivity index (χ3v) is 4.19. The number of hydrogen-bond donors (Lipinski definition) is 1. The van der Waals surface area contributed by atoms with Crippen LogP contribution in [-0.4, -0.2) is 56.1 Å². The lowest BCUT2D eigenvalue weighted by Crippen LogP contribution is -2.27. The number of aliphatic carboxylic acids is 1. The van der Waals surface area contributed by atoms with Gasteiger partial charge in [0.2, 0.25) is 0 Å². The van der Waals surface area contributed by atoms with E-state index in [0.29, 0.717) is 22.6 Å². The van der Waals surface area contributed by atoms with Crippen LogP contribution in [0.1, 0.15) is 30.3 Å². The summed E-state index contributed by atoms with van der Waals surface area (Å²) in [6.45, 7) is 1.46. The van der Waals surface area contributed by atoms with E-state index in [0.717, 1.165) is 0 Å². The van der Waals surface area contributed by atoms with E-state index in [4.69, 9.17) is 23.7 Å². The molecule has 0 aliphatic carbocycles. The molecule has 162 valence electrons. The number of hydrogen-bond acceptors (Lipinski definition) is 8. The van der Waals surface area contributed by atoms with Crippen LogP contribution >= 0.6 is 0 Å². The van der Waals surface area contributed by atoms with Crippen molar-refractivity contribution in [2.45, 2.75) is 25.2 Å². The second kappa shape index (κ2) is 11.1. The molecule has 1 N–H and O–H groups in total. The average molecular weight is 419 g/mol. The Hall–Kier alpha value is -3.17. The molecule has 0 amide bonds. The van der Waals surface area contributed by atoms with Gasteiger partial charge in [-0.15, -0.1) is 0 Å². The van der Waals surface area contributed by atoms with Gasteiger partial charge in [0.05, 0.1) is 26.5 Å². The maximum absolute atomic E-state index is 12.4. The molecule has 2 rings (SSSR count). The number of methoxy groups -OCH3 is 3. The number of carbonyl (C=O) groups excluding carboxylic acids is 1. The van der Waals surface area contributed by atoms with Crippen molar-refractivity contribution < 1.29 is 38.4 Å². The minimum absolute atomic E-state index is 0.157. The number of carbonyl (C=O) groups is 2. The van der Waals surface area contributed by atoms with Gasteiger partial charge in [0, 0.05) is 18.9 Å². The van der Waals surface area contributed by atoms with Crippen molar-refractivity contribution in [1.29, 1.82) is 0 Å². The summed E-state index contributed by atoms with van der Waals surface area (Å²) in [6.07, 6.45) is 0.0742. The number of rotatable bonds is 11. The molecule has 0 radical (unpaired) electrons. The van der Waals surface area contributed by atoms with Gasteiger partial charge in [0.15, 0.2) is 12.2 Å². The molecule has 3 atom stereocenters. The molecular formula is C21H25NO8. The predicted octanol–water partition coefficient (Wildman–Crippen LogP) is 2.56. The van der Waals surface area contributed by atoms with Gasteiger partial charge in [-0.1, -0.05) is 12.1 Å². The Morgan fingerprint density at radius 3 is 2.20 bits per heavy atom. The standard InChI is InChI=1S/C21H25NO8/c1-13(30-18(20(23)24)14-5-7-16(26-2)8-6-14)12-29-21(25)19(28-4)15-9-17(27-3)11-22-10-15/h5-11,13,18-19H,12H2,1-4H3,(H,23,24)/t13?,18-,19-/m0/s1. The Bertz CT molecular complexity index is 839. The fourth-order valence-corrected chi connectivity index (χ4v) is 2.66. The summed E-state index contributed by atoms with van der Waals surface area (Å²) in [7, 11) is 4.38. The van der Waals surface area contributed by atoms with Gasteiger partial charge in [-0.2, -0.15) is 0 Å². The van der Waals surface area contributed by atoms with E-state index in [9.17, 15) is 14.7 Å². The fourth-order valence-electron chi connectivity index (χ4n) is 2.66. The van der Waals surface area contributed by atoms with E-state index in [2.05, 4.69) is 4.98 Å². The molecule has 0 saturated heterocycles. The van der Waals surface area contributed by atoms with Crippen LogP contribution in [0.5, 0.6) is 11.5 Å². The predicted molar refractivity (Wildman–Crippen MR) is 105 cm³/mol. The Morgan fingerprint density at radius 1 is 0.967 bits per heavy atom. The minimum atomic E-state index is -1.22. The first kappa shape index (κ1) is 23.1. The highest BCUT2D eigenvalue weighted by molar-refractivity contribution is 5.76. The molecule has 0 fully saturated rings. The molecule has 0 saturated carbocycles. The first-order chi connectivity index (χ1) is 14.4. The van der Waals surface area contributed by atoms with Gasteiger partial charge in [-0.05, 0) is 30.7 Å². The number of esters is 1. The summed E-state index contributed by atoms with van der Waals surface area (Å²) in [5, 5.41) is 9.50. The molecule has 2 aromatic rings. The number of ether oxygens (including phenoxy) is 5. The highest BCUT2D eigenvalue weighted by Crippen LogP contribution is 2.24. The molecule has 1 unspecified atom stereocenters. The van der Waals surface area contributed by atoms with Gasteiger partial charge in [-0.3, -0.25) is 4.98 Å². The van der Waals surface area contributed by atoms with E-state index in [1.165, 1.54) is 33.7 Å². The van der Waals surface area contributed by atoms with Crippen LogP contribution in [0, 0.1) is 0 Å². The molecule has 0 aliphatic rings. The monoisotopic (exact) mass is 419 g/mol. The maximum Gasteiger partial charge on any atom is 0.340 e. The molecule has 9 heteroatoms. The van der Waals surface area contributed by atoms with E-state index >= 15 is 0 Å². The van der Waals surface area contributed by atoms with Crippen molar-refractivity contribution in [1.82, 2.24) is 4.98 Å². The first-order valence-electron chi connectivity index (χ1n) is 9.10. The summed E-state index contributed by atoms with van der Waals surface area (Å²) < 4.78 is 26.2. The van der Waals surface area contributed by atoms with Crippen LogP contribution in [0.15, 0.2) is 42.7 Å². The largest absolute Gasteiger partial charge is 0.497 e. The van der Waals surface area contributed by atoms with Crippen LogP contribution in [0.4, 0.5) is 0 Å². The number of carboxylic acids is 1. The third kappa shape index (κ3) is 6.16.